The highest BCUT2D eigenvalue weighted by atomic mass is 16.3. The molecule has 3 aliphatic rings. The van der Waals surface area contributed by atoms with Crippen molar-refractivity contribution in [2.45, 2.75) is 161 Å². The van der Waals surface area contributed by atoms with E-state index < -0.39 is 66.4 Å². The number of nitrogens with zero attached hydrogens (tertiary/aromatic N) is 2. The Kier molecular flexibility index (Phi) is 19.2. The van der Waals surface area contributed by atoms with Crippen LogP contribution in [-0.4, -0.2) is 119 Å². The van der Waals surface area contributed by atoms with Crippen LogP contribution in [0.2, 0.25) is 0 Å². The average Bonchev–Trinajstić information content (AvgIpc) is 3.84. The molecule has 306 valence electrons. The van der Waals surface area contributed by atoms with Crippen LogP contribution in [0.4, 0.5) is 0 Å². The Hall–Kier alpha value is -3.75. The van der Waals surface area contributed by atoms with Crippen molar-refractivity contribution in [3.63, 3.8) is 0 Å². The summed E-state index contributed by atoms with van der Waals surface area (Å²) >= 11 is 0. The second-order valence-electron chi connectivity index (χ2n) is 15.7. The van der Waals surface area contributed by atoms with Crippen molar-refractivity contribution in [3.05, 3.63) is 0 Å². The molecule has 0 radical (unpaired) electrons. The number of carbonyl (C=O) groups excluding carboxylic acids is 7. The number of aliphatic hydroxyl groups is 1. The zero-order valence-electron chi connectivity index (χ0n) is 33.1. The number of aliphatic hydroxyl groups excluding tert-OH is 1. The standard InChI is InChI=1S/C39H67N7O8/c1-5-26(2)23-27(3)15-10-8-6-7-9-11-19-32(48)43-29-16-12-20-40-37(52)30-17-13-21-45(30)34(50)25-41-33(49)24-42-38(53)31-18-14-22-46(31)39(54)35(28(4)47)44-36(29)51/h26-31,35,47H,5-25H2,1-4H3,(H,40,52)(H,41,49)(H,42,53)(H,43,48)(H,44,51)/t26?,27?,28-,29+,30+,31+,35+/m1/s1. The van der Waals surface area contributed by atoms with E-state index in [1.807, 2.05) is 0 Å². The first-order valence-electron chi connectivity index (χ1n) is 20.5. The molecule has 0 aromatic heterocycles. The van der Waals surface area contributed by atoms with Gasteiger partial charge >= 0.3 is 0 Å². The van der Waals surface area contributed by atoms with Crippen LogP contribution in [-0.2, 0) is 33.6 Å². The Balaban J connectivity index is 1.64. The summed E-state index contributed by atoms with van der Waals surface area (Å²) in [6, 6.07) is -4.06. The van der Waals surface area contributed by atoms with E-state index in [1.54, 1.807) is 0 Å². The van der Waals surface area contributed by atoms with E-state index in [1.165, 1.54) is 48.8 Å². The quantitative estimate of drug-likeness (QED) is 0.143. The number of carbonyl (C=O) groups is 7. The number of unbranched alkanes of at least 4 members (excludes halogenated alkanes) is 5. The molecule has 15 nitrogen and oxygen atoms in total. The lowest BCUT2D eigenvalue weighted by atomic mass is 9.91. The Morgan fingerprint density at radius 2 is 1.39 bits per heavy atom. The van der Waals surface area contributed by atoms with E-state index in [0.717, 1.165) is 31.1 Å². The predicted octanol–water partition coefficient (Wildman–Crippen LogP) is 1.65. The average molecular weight is 762 g/mol. The van der Waals surface area contributed by atoms with Crippen LogP contribution in [0.25, 0.3) is 0 Å². The van der Waals surface area contributed by atoms with Crippen LogP contribution in [0, 0.1) is 11.8 Å². The van der Waals surface area contributed by atoms with E-state index in [0.29, 0.717) is 45.1 Å². The van der Waals surface area contributed by atoms with Gasteiger partial charge in [-0.15, -0.1) is 0 Å². The van der Waals surface area contributed by atoms with Gasteiger partial charge in [0.25, 0.3) is 0 Å². The highest BCUT2D eigenvalue weighted by molar-refractivity contribution is 5.96. The van der Waals surface area contributed by atoms with Gasteiger partial charge in [0.05, 0.1) is 19.2 Å². The molecule has 3 heterocycles. The normalized spacial score (nSPS) is 25.6. The minimum absolute atomic E-state index is 0.141. The molecular formula is C39H67N7O8. The molecule has 7 amide bonds. The SMILES string of the molecule is CCC(C)CC(C)CCCCCCCCC(=O)N[C@H]1CCCNC(=O)[C@@H]2CCCN2C(=O)CNC(=O)CNC(=O)[C@@H]2CCCN2C(=O)[C@H]([C@@H](C)O)NC1=O. The first kappa shape index (κ1) is 44.6. The van der Waals surface area contributed by atoms with Crippen LogP contribution < -0.4 is 26.6 Å². The molecule has 15 heteroatoms. The fourth-order valence-electron chi connectivity index (χ4n) is 7.71. The Morgan fingerprint density at radius 1 is 0.759 bits per heavy atom. The van der Waals surface area contributed by atoms with Crippen molar-refractivity contribution in [3.8, 4) is 0 Å². The van der Waals surface area contributed by atoms with Crippen LogP contribution >= 0.6 is 0 Å². The molecule has 3 saturated heterocycles. The molecule has 54 heavy (non-hydrogen) atoms. The number of hydrogen-bond acceptors (Lipinski definition) is 8. The van der Waals surface area contributed by atoms with Crippen LogP contribution in [0.15, 0.2) is 0 Å². The van der Waals surface area contributed by atoms with Gasteiger partial charge in [-0.3, -0.25) is 33.6 Å². The summed E-state index contributed by atoms with van der Waals surface area (Å²) < 4.78 is 0. The lowest BCUT2D eigenvalue weighted by Gasteiger charge is -2.31. The lowest BCUT2D eigenvalue weighted by molar-refractivity contribution is -0.144. The van der Waals surface area contributed by atoms with E-state index in [2.05, 4.69) is 47.4 Å². The highest BCUT2D eigenvalue weighted by Gasteiger charge is 2.40. The van der Waals surface area contributed by atoms with Gasteiger partial charge in [0, 0.05) is 26.1 Å². The molecule has 7 atom stereocenters. The molecule has 2 unspecified atom stereocenters. The molecule has 0 aromatic rings. The number of amides is 7. The minimum Gasteiger partial charge on any atom is -0.391 e. The molecule has 3 aliphatic heterocycles. The fourth-order valence-corrected chi connectivity index (χ4v) is 7.71. The predicted molar refractivity (Wildman–Crippen MR) is 203 cm³/mol. The summed E-state index contributed by atoms with van der Waals surface area (Å²) in [5.41, 5.74) is 0. The van der Waals surface area contributed by atoms with Gasteiger partial charge in [0.2, 0.25) is 41.4 Å². The summed E-state index contributed by atoms with van der Waals surface area (Å²) in [6.45, 7) is 8.24. The highest BCUT2D eigenvalue weighted by Crippen LogP contribution is 2.22. The van der Waals surface area contributed by atoms with Gasteiger partial charge in [-0.25, -0.2) is 0 Å². The number of fused-ring (bicyclic) bond motifs is 2. The minimum atomic E-state index is -1.39. The molecule has 0 aliphatic carbocycles. The van der Waals surface area contributed by atoms with Crippen LogP contribution in [0.1, 0.15) is 130 Å². The van der Waals surface area contributed by atoms with Gasteiger partial charge in [0.15, 0.2) is 0 Å². The second kappa shape index (κ2) is 23.2. The molecule has 0 saturated carbocycles. The van der Waals surface area contributed by atoms with E-state index in [4.69, 9.17) is 0 Å². The zero-order valence-corrected chi connectivity index (χ0v) is 33.1. The lowest BCUT2D eigenvalue weighted by Crippen LogP contribution is -2.59. The molecule has 0 bridgehead atoms. The molecule has 3 rings (SSSR count). The van der Waals surface area contributed by atoms with E-state index in [-0.39, 0.29) is 44.3 Å². The first-order valence-corrected chi connectivity index (χ1v) is 20.5. The van der Waals surface area contributed by atoms with Gasteiger partial charge in [-0.1, -0.05) is 65.7 Å². The maximum atomic E-state index is 13.7. The maximum absolute atomic E-state index is 13.7. The number of hydrogen-bond donors (Lipinski definition) is 6. The summed E-state index contributed by atoms with van der Waals surface area (Å²) in [5, 5.41) is 23.9. The van der Waals surface area contributed by atoms with E-state index >= 15 is 0 Å². The largest absolute Gasteiger partial charge is 0.391 e. The summed E-state index contributed by atoms with van der Waals surface area (Å²) in [5.74, 6) is -2.05. The Morgan fingerprint density at radius 3 is 2.07 bits per heavy atom. The first-order chi connectivity index (χ1) is 25.8. The maximum Gasteiger partial charge on any atom is 0.248 e. The third kappa shape index (κ3) is 14.5. The second-order valence-corrected chi connectivity index (χ2v) is 15.7. The van der Waals surface area contributed by atoms with Crippen molar-refractivity contribution in [1.82, 2.24) is 36.4 Å². The van der Waals surface area contributed by atoms with Gasteiger partial charge in [0.1, 0.15) is 24.2 Å². The zero-order chi connectivity index (χ0) is 39.6. The monoisotopic (exact) mass is 762 g/mol. The van der Waals surface area contributed by atoms with Crippen molar-refractivity contribution in [2.75, 3.05) is 32.7 Å². The third-order valence-electron chi connectivity index (χ3n) is 11.1. The summed E-state index contributed by atoms with van der Waals surface area (Å²) in [7, 11) is 0. The van der Waals surface area contributed by atoms with Crippen molar-refractivity contribution in [2.24, 2.45) is 11.8 Å². The Bertz CT molecular complexity index is 1280. The van der Waals surface area contributed by atoms with Crippen molar-refractivity contribution in [1.29, 1.82) is 0 Å². The van der Waals surface area contributed by atoms with Crippen molar-refractivity contribution < 1.29 is 38.7 Å². The van der Waals surface area contributed by atoms with E-state index in [9.17, 15) is 38.7 Å². The fraction of sp³-hybridized carbons (Fsp3) is 0.821. The number of rotatable bonds is 14. The molecule has 6 N–H and O–H groups in total. The van der Waals surface area contributed by atoms with Gasteiger partial charge < -0.3 is 41.5 Å². The molecule has 0 spiro atoms. The smallest absolute Gasteiger partial charge is 0.248 e. The summed E-state index contributed by atoms with van der Waals surface area (Å²) in [4.78, 5) is 94.8. The van der Waals surface area contributed by atoms with Crippen LogP contribution in [0.3, 0.4) is 0 Å². The van der Waals surface area contributed by atoms with Gasteiger partial charge in [-0.05, 0) is 70.1 Å². The van der Waals surface area contributed by atoms with Crippen molar-refractivity contribution >= 4 is 41.4 Å². The molecule has 0 aromatic carbocycles. The third-order valence-corrected chi connectivity index (χ3v) is 11.1. The number of nitrogens with one attached hydrogen (secondary N) is 5. The molecular weight excluding hydrogens is 694 g/mol. The molecule has 3 fully saturated rings. The Labute approximate surface area is 321 Å². The van der Waals surface area contributed by atoms with Crippen LogP contribution in [0.5, 0.6) is 0 Å². The topological polar surface area (TPSA) is 206 Å². The summed E-state index contributed by atoms with van der Waals surface area (Å²) in [6.07, 6.45) is 11.1. The van der Waals surface area contributed by atoms with Gasteiger partial charge in [-0.2, -0.15) is 0 Å².